The topological polar surface area (TPSA) is 33.4 Å². The molecule has 0 saturated carbocycles. The summed E-state index contributed by atoms with van der Waals surface area (Å²) in [5, 5.41) is 8.88. The Bertz CT molecular complexity index is 285. The van der Waals surface area contributed by atoms with Crippen molar-refractivity contribution in [3.05, 3.63) is 30.2 Å². The van der Waals surface area contributed by atoms with Crippen LogP contribution in [0.25, 0.3) is 5.57 Å². The van der Waals surface area contributed by atoms with Gasteiger partial charge in [0, 0.05) is 6.61 Å². The molecule has 1 aromatic rings. The lowest BCUT2D eigenvalue weighted by Gasteiger charge is -2.10. The lowest BCUT2D eigenvalue weighted by atomic mass is 9.96. The molecule has 0 aromatic carbocycles. The quantitative estimate of drug-likeness (QED) is 0.771. The second-order valence-electron chi connectivity index (χ2n) is 3.42. The maximum Gasteiger partial charge on any atom is 0.129 e. The smallest absolute Gasteiger partial charge is 0.129 e. The lowest BCUT2D eigenvalue weighted by Crippen LogP contribution is -2.00. The van der Waals surface area contributed by atoms with Crippen molar-refractivity contribution in [1.82, 2.24) is 0 Å². The fourth-order valence-electron chi connectivity index (χ4n) is 1.96. The summed E-state index contributed by atoms with van der Waals surface area (Å²) < 4.78 is 5.34. The Kier molecular flexibility index (Phi) is 2.50. The molecular weight excluding hydrogens is 164 g/mol. The molecule has 0 radical (unpaired) electrons. The fraction of sp³-hybridized carbons (Fsp3) is 0.455. The van der Waals surface area contributed by atoms with Crippen LogP contribution in [0.4, 0.5) is 0 Å². The largest absolute Gasteiger partial charge is 0.465 e. The van der Waals surface area contributed by atoms with E-state index >= 15 is 0 Å². The fourth-order valence-corrected chi connectivity index (χ4v) is 1.96. The van der Waals surface area contributed by atoms with Gasteiger partial charge in [-0.15, -0.1) is 0 Å². The first-order valence-corrected chi connectivity index (χ1v) is 4.76. The SMILES string of the molecule is OCC[C@@H]1CCC=C1c1ccco1. The van der Waals surface area contributed by atoms with Gasteiger partial charge in [0.2, 0.25) is 0 Å². The van der Waals surface area contributed by atoms with Gasteiger partial charge in [0.1, 0.15) is 5.76 Å². The minimum absolute atomic E-state index is 0.267. The van der Waals surface area contributed by atoms with Crippen LogP contribution in [0.15, 0.2) is 28.9 Å². The molecule has 0 bridgehead atoms. The summed E-state index contributed by atoms with van der Waals surface area (Å²) in [5.74, 6) is 1.46. The van der Waals surface area contributed by atoms with E-state index in [-0.39, 0.29) is 6.61 Å². The van der Waals surface area contributed by atoms with Gasteiger partial charge in [0.15, 0.2) is 0 Å². The Hall–Kier alpha value is -1.02. The molecule has 2 rings (SSSR count). The third kappa shape index (κ3) is 1.68. The summed E-state index contributed by atoms with van der Waals surface area (Å²) in [4.78, 5) is 0. The van der Waals surface area contributed by atoms with Crippen LogP contribution in [0.3, 0.4) is 0 Å². The highest BCUT2D eigenvalue weighted by Gasteiger charge is 2.21. The summed E-state index contributed by atoms with van der Waals surface area (Å²) in [6.45, 7) is 0.267. The van der Waals surface area contributed by atoms with E-state index < -0.39 is 0 Å². The van der Waals surface area contributed by atoms with Crippen molar-refractivity contribution in [1.29, 1.82) is 0 Å². The van der Waals surface area contributed by atoms with Crippen molar-refractivity contribution in [2.75, 3.05) is 6.61 Å². The number of aliphatic hydroxyl groups is 1. The van der Waals surface area contributed by atoms with Crippen molar-refractivity contribution < 1.29 is 9.52 Å². The third-order valence-electron chi connectivity index (χ3n) is 2.60. The average Bonchev–Trinajstić information content (AvgIpc) is 2.71. The molecule has 1 heterocycles. The van der Waals surface area contributed by atoms with E-state index in [4.69, 9.17) is 9.52 Å². The number of hydrogen-bond donors (Lipinski definition) is 1. The van der Waals surface area contributed by atoms with Gasteiger partial charge in [0.25, 0.3) is 0 Å². The maximum atomic E-state index is 8.88. The zero-order valence-corrected chi connectivity index (χ0v) is 7.57. The number of allylic oxidation sites excluding steroid dienone is 2. The first-order valence-electron chi connectivity index (χ1n) is 4.76. The second-order valence-corrected chi connectivity index (χ2v) is 3.42. The highest BCUT2D eigenvalue weighted by Crippen LogP contribution is 2.35. The van der Waals surface area contributed by atoms with Gasteiger partial charge in [0.05, 0.1) is 6.26 Å². The number of furan rings is 1. The molecule has 1 atom stereocenters. The van der Waals surface area contributed by atoms with Gasteiger partial charge in [-0.3, -0.25) is 0 Å². The van der Waals surface area contributed by atoms with E-state index in [1.54, 1.807) is 6.26 Å². The first kappa shape index (κ1) is 8.57. The van der Waals surface area contributed by atoms with E-state index in [1.807, 2.05) is 12.1 Å². The van der Waals surface area contributed by atoms with Gasteiger partial charge in [-0.2, -0.15) is 0 Å². The van der Waals surface area contributed by atoms with Gasteiger partial charge < -0.3 is 9.52 Å². The zero-order valence-electron chi connectivity index (χ0n) is 7.57. The Morgan fingerprint density at radius 2 is 2.46 bits per heavy atom. The van der Waals surface area contributed by atoms with Crippen LogP contribution in [0, 0.1) is 5.92 Å². The third-order valence-corrected chi connectivity index (χ3v) is 2.60. The molecule has 1 aromatic heterocycles. The Labute approximate surface area is 77.9 Å². The maximum absolute atomic E-state index is 8.88. The molecule has 0 amide bonds. The van der Waals surface area contributed by atoms with Gasteiger partial charge >= 0.3 is 0 Å². The van der Waals surface area contributed by atoms with Gasteiger partial charge in [-0.05, 0) is 42.9 Å². The van der Waals surface area contributed by atoms with Gasteiger partial charge in [-0.1, -0.05) is 6.08 Å². The molecule has 13 heavy (non-hydrogen) atoms. The minimum Gasteiger partial charge on any atom is -0.465 e. The molecule has 0 spiro atoms. The van der Waals surface area contributed by atoms with Crippen molar-refractivity contribution in [2.45, 2.75) is 19.3 Å². The molecule has 2 nitrogen and oxygen atoms in total. The standard InChI is InChI=1S/C11H14O2/c12-7-6-9-3-1-4-10(9)11-5-2-8-13-11/h2,4-5,8-9,12H,1,3,6-7H2/t9-/m0/s1. The Balaban J connectivity index is 2.14. The minimum atomic E-state index is 0.267. The highest BCUT2D eigenvalue weighted by molar-refractivity contribution is 5.65. The number of aliphatic hydroxyl groups excluding tert-OH is 1. The number of hydrogen-bond acceptors (Lipinski definition) is 2. The van der Waals surface area contributed by atoms with Crippen molar-refractivity contribution in [3.8, 4) is 0 Å². The zero-order chi connectivity index (χ0) is 9.10. The van der Waals surface area contributed by atoms with Crippen LogP contribution in [0.5, 0.6) is 0 Å². The lowest BCUT2D eigenvalue weighted by molar-refractivity contribution is 0.270. The van der Waals surface area contributed by atoms with Crippen molar-refractivity contribution >= 4 is 5.57 Å². The molecule has 2 heteroatoms. The molecule has 1 aliphatic carbocycles. The Morgan fingerprint density at radius 1 is 1.54 bits per heavy atom. The monoisotopic (exact) mass is 178 g/mol. The molecule has 0 unspecified atom stereocenters. The predicted molar refractivity (Wildman–Crippen MR) is 51.1 cm³/mol. The van der Waals surface area contributed by atoms with Crippen molar-refractivity contribution in [2.24, 2.45) is 5.92 Å². The second kappa shape index (κ2) is 3.79. The molecular formula is C11H14O2. The molecule has 0 saturated heterocycles. The van der Waals surface area contributed by atoms with E-state index in [1.165, 1.54) is 5.57 Å². The summed E-state index contributed by atoms with van der Waals surface area (Å²) in [6.07, 6.45) is 7.04. The average molecular weight is 178 g/mol. The molecule has 0 aliphatic heterocycles. The van der Waals surface area contributed by atoms with Crippen molar-refractivity contribution in [3.63, 3.8) is 0 Å². The van der Waals surface area contributed by atoms with E-state index in [9.17, 15) is 0 Å². The van der Waals surface area contributed by atoms with E-state index in [0.717, 1.165) is 25.0 Å². The molecule has 1 N–H and O–H groups in total. The molecule has 0 fully saturated rings. The van der Waals surface area contributed by atoms with E-state index in [0.29, 0.717) is 5.92 Å². The summed E-state index contributed by atoms with van der Waals surface area (Å²) in [5.41, 5.74) is 1.28. The normalized spacial score (nSPS) is 21.9. The van der Waals surface area contributed by atoms with Crippen LogP contribution < -0.4 is 0 Å². The highest BCUT2D eigenvalue weighted by atomic mass is 16.3. The Morgan fingerprint density at radius 3 is 3.15 bits per heavy atom. The van der Waals surface area contributed by atoms with Crippen LogP contribution in [-0.2, 0) is 0 Å². The van der Waals surface area contributed by atoms with Crippen LogP contribution in [-0.4, -0.2) is 11.7 Å². The van der Waals surface area contributed by atoms with E-state index in [2.05, 4.69) is 6.08 Å². The first-order chi connectivity index (χ1) is 6.42. The van der Waals surface area contributed by atoms with Crippen LogP contribution >= 0.6 is 0 Å². The number of rotatable bonds is 3. The molecule has 70 valence electrons. The van der Waals surface area contributed by atoms with Crippen LogP contribution in [0.1, 0.15) is 25.0 Å². The molecule has 1 aliphatic rings. The summed E-state index contributed by atoms with van der Waals surface area (Å²) >= 11 is 0. The van der Waals surface area contributed by atoms with Crippen LogP contribution in [0.2, 0.25) is 0 Å². The summed E-state index contributed by atoms with van der Waals surface area (Å²) in [6, 6.07) is 3.89. The predicted octanol–water partition coefficient (Wildman–Crippen LogP) is 2.46. The van der Waals surface area contributed by atoms with Gasteiger partial charge in [-0.25, -0.2) is 0 Å². The summed E-state index contributed by atoms with van der Waals surface area (Å²) in [7, 11) is 0.